The van der Waals surface area contributed by atoms with E-state index in [1.165, 1.54) is 5.56 Å². The molecule has 0 saturated carbocycles. The summed E-state index contributed by atoms with van der Waals surface area (Å²) in [4.78, 5) is 0.182. The van der Waals surface area contributed by atoms with Crippen molar-refractivity contribution in [2.24, 2.45) is 0 Å². The van der Waals surface area contributed by atoms with Gasteiger partial charge in [-0.3, -0.25) is 0 Å². The van der Waals surface area contributed by atoms with Crippen LogP contribution in [0.5, 0.6) is 0 Å². The number of alkyl halides is 1. The number of rotatable bonds is 0. The average Bonchev–Trinajstić information content (AvgIpc) is 2.28. The summed E-state index contributed by atoms with van der Waals surface area (Å²) in [5.41, 5.74) is 2.29. The molecule has 12 heavy (non-hydrogen) atoms. The first-order chi connectivity index (χ1) is 5.68. The van der Waals surface area contributed by atoms with Crippen molar-refractivity contribution < 1.29 is 5.11 Å². The van der Waals surface area contributed by atoms with E-state index in [4.69, 9.17) is 0 Å². The van der Waals surface area contributed by atoms with Gasteiger partial charge < -0.3 is 5.11 Å². The molecule has 0 aliphatic heterocycles. The Kier molecular flexibility index (Phi) is 2.27. The normalized spacial score (nSPS) is 27.2. The quantitative estimate of drug-likeness (QED) is 0.729. The van der Waals surface area contributed by atoms with E-state index < -0.39 is 0 Å². The molecule has 1 nitrogen and oxygen atoms in total. The minimum Gasteiger partial charge on any atom is -0.387 e. The van der Waals surface area contributed by atoms with Crippen molar-refractivity contribution in [3.63, 3.8) is 0 Å². The fraction of sp³-hybridized carbons (Fsp3) is 0.333. The maximum absolute atomic E-state index is 9.68. The molecule has 1 N–H and O–H groups in total. The molecular weight excluding hydrogens is 284 g/mol. The van der Waals surface area contributed by atoms with Gasteiger partial charge in [0, 0.05) is 9.30 Å². The van der Waals surface area contributed by atoms with Gasteiger partial charge in [0.1, 0.15) is 0 Å². The monoisotopic (exact) mass is 290 g/mol. The van der Waals surface area contributed by atoms with E-state index >= 15 is 0 Å². The maximum atomic E-state index is 9.68. The largest absolute Gasteiger partial charge is 0.387 e. The Bertz CT molecular complexity index is 311. The van der Waals surface area contributed by atoms with Crippen LogP contribution in [0.25, 0.3) is 0 Å². The van der Waals surface area contributed by atoms with Crippen molar-refractivity contribution in [1.82, 2.24) is 0 Å². The van der Waals surface area contributed by atoms with Gasteiger partial charge in [0.05, 0.1) is 6.10 Å². The van der Waals surface area contributed by atoms with Gasteiger partial charge in [0.15, 0.2) is 0 Å². The second kappa shape index (κ2) is 3.13. The molecule has 1 aromatic carbocycles. The van der Waals surface area contributed by atoms with E-state index in [2.05, 4.69) is 37.9 Å². The highest BCUT2D eigenvalue weighted by Gasteiger charge is 2.28. The highest BCUT2D eigenvalue weighted by atomic mass is 79.9. The fourth-order valence-corrected chi connectivity index (χ4v) is 2.60. The lowest BCUT2D eigenvalue weighted by molar-refractivity contribution is 0.187. The number of aliphatic hydroxyl groups is 1. The summed E-state index contributed by atoms with van der Waals surface area (Å²) in [6.45, 7) is 0. The highest BCUT2D eigenvalue weighted by molar-refractivity contribution is 9.10. The summed E-state index contributed by atoms with van der Waals surface area (Å²) in [6.07, 6.45) is 0.573. The molecule has 1 aliphatic rings. The molecule has 0 bridgehead atoms. The molecule has 0 unspecified atom stereocenters. The Morgan fingerprint density at radius 1 is 1.42 bits per heavy atom. The van der Waals surface area contributed by atoms with Crippen LogP contribution in [0.1, 0.15) is 17.2 Å². The van der Waals surface area contributed by atoms with Crippen molar-refractivity contribution in [2.75, 3.05) is 0 Å². The number of aliphatic hydroxyl groups excluding tert-OH is 1. The molecule has 64 valence electrons. The Labute approximate surface area is 88.0 Å². The van der Waals surface area contributed by atoms with Crippen LogP contribution in [0.3, 0.4) is 0 Å². The summed E-state index contributed by atoms with van der Waals surface area (Å²) >= 11 is 6.85. The van der Waals surface area contributed by atoms with Crippen molar-refractivity contribution >= 4 is 31.9 Å². The first kappa shape index (κ1) is 8.73. The molecule has 0 aromatic heterocycles. The third-order valence-electron chi connectivity index (χ3n) is 2.18. The van der Waals surface area contributed by atoms with Crippen LogP contribution in [-0.2, 0) is 6.42 Å². The zero-order valence-corrected chi connectivity index (χ0v) is 9.47. The van der Waals surface area contributed by atoms with Crippen LogP contribution < -0.4 is 0 Å². The summed E-state index contributed by atoms with van der Waals surface area (Å²) in [5.74, 6) is 0. The Morgan fingerprint density at radius 3 is 2.92 bits per heavy atom. The van der Waals surface area contributed by atoms with Gasteiger partial charge in [-0.15, -0.1) is 0 Å². The van der Waals surface area contributed by atoms with Gasteiger partial charge in [0.2, 0.25) is 0 Å². The molecule has 2 rings (SSSR count). The second-order valence-electron chi connectivity index (χ2n) is 3.01. The van der Waals surface area contributed by atoms with E-state index in [-0.39, 0.29) is 10.9 Å². The standard InChI is InChI=1S/C9H8Br2O/c10-6-1-2-7-5(3-6)4-8(11)9(7)12/h1-3,8-9,12H,4H2/t8-,9-/m0/s1. The highest BCUT2D eigenvalue weighted by Crippen LogP contribution is 2.36. The molecule has 1 aromatic rings. The molecule has 1 aliphatic carbocycles. The minimum atomic E-state index is -0.340. The molecule has 0 amide bonds. The zero-order chi connectivity index (χ0) is 8.72. The van der Waals surface area contributed by atoms with E-state index in [0.717, 1.165) is 16.5 Å². The summed E-state index contributed by atoms with van der Waals surface area (Å²) < 4.78 is 1.08. The first-order valence-electron chi connectivity index (χ1n) is 3.79. The third kappa shape index (κ3) is 1.34. The van der Waals surface area contributed by atoms with Gasteiger partial charge in [-0.05, 0) is 29.7 Å². The lowest BCUT2D eigenvalue weighted by Crippen LogP contribution is -2.03. The smallest absolute Gasteiger partial charge is 0.0920 e. The van der Waals surface area contributed by atoms with Crippen molar-refractivity contribution in [3.05, 3.63) is 33.8 Å². The summed E-state index contributed by atoms with van der Waals surface area (Å²) in [6, 6.07) is 6.01. The van der Waals surface area contributed by atoms with E-state index in [1.807, 2.05) is 12.1 Å². The zero-order valence-electron chi connectivity index (χ0n) is 6.30. The van der Waals surface area contributed by atoms with Crippen LogP contribution in [0.15, 0.2) is 22.7 Å². The topological polar surface area (TPSA) is 20.2 Å². The van der Waals surface area contributed by atoms with Crippen LogP contribution in [0.2, 0.25) is 0 Å². The molecule has 0 radical (unpaired) electrons. The number of benzene rings is 1. The molecule has 0 heterocycles. The number of hydrogen-bond donors (Lipinski definition) is 1. The van der Waals surface area contributed by atoms with Gasteiger partial charge >= 0.3 is 0 Å². The molecule has 3 heteroatoms. The predicted molar refractivity (Wildman–Crippen MR) is 55.5 cm³/mol. The lowest BCUT2D eigenvalue weighted by Gasteiger charge is -2.06. The molecule has 2 atom stereocenters. The fourth-order valence-electron chi connectivity index (χ4n) is 1.56. The van der Waals surface area contributed by atoms with E-state index in [9.17, 15) is 5.11 Å². The summed E-state index contributed by atoms with van der Waals surface area (Å²) in [5, 5.41) is 9.68. The minimum absolute atomic E-state index is 0.182. The molecule has 0 fully saturated rings. The van der Waals surface area contributed by atoms with Crippen molar-refractivity contribution in [3.8, 4) is 0 Å². The third-order valence-corrected chi connectivity index (χ3v) is 3.50. The number of hydrogen-bond acceptors (Lipinski definition) is 1. The van der Waals surface area contributed by atoms with E-state index in [0.29, 0.717) is 0 Å². The SMILES string of the molecule is O[C@H]1c2ccc(Br)cc2C[C@@H]1Br. The second-order valence-corrected chi connectivity index (χ2v) is 5.10. The van der Waals surface area contributed by atoms with Gasteiger partial charge in [-0.25, -0.2) is 0 Å². The Balaban J connectivity index is 2.47. The van der Waals surface area contributed by atoms with E-state index in [1.54, 1.807) is 0 Å². The Morgan fingerprint density at radius 2 is 2.17 bits per heavy atom. The van der Waals surface area contributed by atoms with Gasteiger partial charge in [-0.1, -0.05) is 37.9 Å². The van der Waals surface area contributed by atoms with Crippen LogP contribution in [-0.4, -0.2) is 9.93 Å². The molecule has 0 saturated heterocycles. The Hall–Kier alpha value is 0.140. The van der Waals surface area contributed by atoms with Crippen LogP contribution in [0, 0.1) is 0 Å². The van der Waals surface area contributed by atoms with Gasteiger partial charge in [0.25, 0.3) is 0 Å². The lowest BCUT2D eigenvalue weighted by atomic mass is 10.1. The van der Waals surface area contributed by atoms with Crippen LogP contribution in [0.4, 0.5) is 0 Å². The average molecular weight is 292 g/mol. The van der Waals surface area contributed by atoms with Crippen molar-refractivity contribution in [1.29, 1.82) is 0 Å². The number of halogens is 2. The van der Waals surface area contributed by atoms with Crippen LogP contribution >= 0.6 is 31.9 Å². The molecule has 0 spiro atoms. The summed E-state index contributed by atoms with van der Waals surface area (Å²) in [7, 11) is 0. The van der Waals surface area contributed by atoms with Gasteiger partial charge in [-0.2, -0.15) is 0 Å². The predicted octanol–water partition coefficient (Wildman–Crippen LogP) is 2.80. The first-order valence-corrected chi connectivity index (χ1v) is 5.50. The number of fused-ring (bicyclic) bond motifs is 1. The molecular formula is C9H8Br2O. The van der Waals surface area contributed by atoms with Crippen molar-refractivity contribution in [2.45, 2.75) is 17.4 Å². The maximum Gasteiger partial charge on any atom is 0.0920 e.